The van der Waals surface area contributed by atoms with Crippen molar-refractivity contribution < 1.29 is 9.18 Å². The van der Waals surface area contributed by atoms with Crippen molar-refractivity contribution in [3.05, 3.63) is 82.0 Å². The summed E-state index contributed by atoms with van der Waals surface area (Å²) in [6, 6.07) is 15.2. The summed E-state index contributed by atoms with van der Waals surface area (Å²) in [4.78, 5) is 29.9. The van der Waals surface area contributed by atoms with Gasteiger partial charge in [-0.3, -0.25) is 9.59 Å². The Morgan fingerprint density at radius 3 is 2.52 bits per heavy atom. The number of hydrogen-bond acceptors (Lipinski definition) is 4. The van der Waals surface area contributed by atoms with Crippen molar-refractivity contribution in [2.24, 2.45) is 7.05 Å². The van der Waals surface area contributed by atoms with Crippen LogP contribution >= 0.6 is 0 Å². The molecule has 4 rings (SSSR count). The Morgan fingerprint density at radius 1 is 1.10 bits per heavy atom. The average molecular weight is 391 g/mol. The highest BCUT2D eigenvalue weighted by atomic mass is 19.1. The maximum atomic E-state index is 13.8. The molecule has 146 valence electrons. The van der Waals surface area contributed by atoms with Gasteiger partial charge in [-0.2, -0.15) is 9.50 Å². The fourth-order valence-corrected chi connectivity index (χ4v) is 3.12. The van der Waals surface area contributed by atoms with Gasteiger partial charge in [0.15, 0.2) is 5.82 Å². The number of nitrogens with one attached hydrogen (secondary N) is 1. The normalized spacial score (nSPS) is 11.0. The molecule has 0 saturated carbocycles. The number of fused-ring (bicyclic) bond motifs is 1. The van der Waals surface area contributed by atoms with E-state index in [-0.39, 0.29) is 17.7 Å². The van der Waals surface area contributed by atoms with Crippen molar-refractivity contribution in [3.63, 3.8) is 0 Å². The molecule has 2 aromatic carbocycles. The van der Waals surface area contributed by atoms with Crippen LogP contribution in [0.5, 0.6) is 0 Å². The summed E-state index contributed by atoms with van der Waals surface area (Å²) < 4.78 is 16.7. The molecule has 0 bridgehead atoms. The Labute approximate surface area is 165 Å². The Morgan fingerprint density at radius 2 is 1.79 bits per heavy atom. The maximum Gasteiger partial charge on any atom is 0.279 e. The Hall–Kier alpha value is -3.81. The van der Waals surface area contributed by atoms with E-state index >= 15 is 0 Å². The number of carbonyl (C=O) groups excluding carboxylic acids is 1. The van der Waals surface area contributed by atoms with E-state index in [1.807, 2.05) is 30.3 Å². The molecule has 1 N–H and O–H groups in total. The van der Waals surface area contributed by atoms with Crippen LogP contribution in [0.4, 0.5) is 10.1 Å². The smallest absolute Gasteiger partial charge is 0.279 e. The van der Waals surface area contributed by atoms with Crippen LogP contribution in [0.3, 0.4) is 0 Å². The van der Waals surface area contributed by atoms with Gasteiger partial charge >= 0.3 is 0 Å². The summed E-state index contributed by atoms with van der Waals surface area (Å²) in [5.41, 5.74) is 1.30. The first-order chi connectivity index (χ1) is 14.0. The van der Waals surface area contributed by atoms with Crippen LogP contribution in [0.1, 0.15) is 11.3 Å². The van der Waals surface area contributed by atoms with Crippen LogP contribution in [-0.4, -0.2) is 25.1 Å². The molecule has 4 aromatic rings. The molecule has 2 aromatic heterocycles. The number of amides is 1. The topological polar surface area (TPSA) is 81.3 Å². The molecule has 29 heavy (non-hydrogen) atoms. The minimum Gasteiger partial charge on any atom is -0.323 e. The van der Waals surface area contributed by atoms with E-state index < -0.39 is 17.3 Å². The number of halogens is 1. The fourth-order valence-electron chi connectivity index (χ4n) is 3.12. The van der Waals surface area contributed by atoms with Gasteiger partial charge in [-0.05, 0) is 19.1 Å². The van der Waals surface area contributed by atoms with Crippen LogP contribution < -0.4 is 10.9 Å². The number of anilines is 1. The maximum absolute atomic E-state index is 13.8. The van der Waals surface area contributed by atoms with Crippen molar-refractivity contribution in [2.75, 3.05) is 5.32 Å². The van der Waals surface area contributed by atoms with Crippen LogP contribution in [0, 0.1) is 12.7 Å². The van der Waals surface area contributed by atoms with Gasteiger partial charge in [-0.1, -0.05) is 42.5 Å². The van der Waals surface area contributed by atoms with Crippen molar-refractivity contribution in [3.8, 4) is 11.4 Å². The number of aromatic nitrogens is 4. The number of rotatable bonds is 4. The van der Waals surface area contributed by atoms with Gasteiger partial charge in [0.1, 0.15) is 5.82 Å². The lowest BCUT2D eigenvalue weighted by atomic mass is 10.1. The molecule has 2 heterocycles. The Kier molecular flexibility index (Phi) is 4.67. The van der Waals surface area contributed by atoms with Gasteiger partial charge in [0, 0.05) is 23.9 Å². The molecule has 0 aliphatic heterocycles. The molecule has 0 unspecified atom stereocenters. The lowest BCUT2D eigenvalue weighted by molar-refractivity contribution is -0.115. The van der Waals surface area contributed by atoms with Gasteiger partial charge in [0.25, 0.3) is 5.56 Å². The molecule has 1 amide bonds. The minimum absolute atomic E-state index is 0.0696. The number of benzene rings is 2. The third kappa shape index (κ3) is 3.40. The predicted molar refractivity (Wildman–Crippen MR) is 107 cm³/mol. The van der Waals surface area contributed by atoms with Crippen LogP contribution in [-0.2, 0) is 18.3 Å². The third-order valence-electron chi connectivity index (χ3n) is 4.80. The van der Waals surface area contributed by atoms with Crippen LogP contribution in [0.2, 0.25) is 0 Å². The van der Waals surface area contributed by atoms with Crippen molar-refractivity contribution in [1.82, 2.24) is 19.2 Å². The third-order valence-corrected chi connectivity index (χ3v) is 4.80. The molecule has 7 nitrogen and oxygen atoms in total. The number of aryl methyl sites for hydroxylation is 1. The SMILES string of the molecule is Cc1c(CC(=O)Nc2ccccc2F)c(=O)n2nc(-c3ccccc3)nc2n1C. The van der Waals surface area contributed by atoms with Gasteiger partial charge in [0.05, 0.1) is 12.1 Å². The van der Waals surface area contributed by atoms with Crippen molar-refractivity contribution in [1.29, 1.82) is 0 Å². The quantitative estimate of drug-likeness (QED) is 0.580. The summed E-state index contributed by atoms with van der Waals surface area (Å²) in [7, 11) is 1.76. The molecule has 0 aliphatic carbocycles. The first-order valence-corrected chi connectivity index (χ1v) is 9.00. The predicted octanol–water partition coefficient (Wildman–Crippen LogP) is 2.72. The lowest BCUT2D eigenvalue weighted by Gasteiger charge is -2.11. The highest BCUT2D eigenvalue weighted by molar-refractivity contribution is 5.92. The molecule has 0 aliphatic rings. The zero-order valence-corrected chi connectivity index (χ0v) is 15.9. The molecule has 0 spiro atoms. The van der Waals surface area contributed by atoms with Crippen molar-refractivity contribution >= 4 is 17.4 Å². The van der Waals surface area contributed by atoms with E-state index in [0.717, 1.165) is 5.56 Å². The van der Waals surface area contributed by atoms with Crippen molar-refractivity contribution in [2.45, 2.75) is 13.3 Å². The number of carbonyl (C=O) groups is 1. The zero-order valence-electron chi connectivity index (χ0n) is 15.9. The highest BCUT2D eigenvalue weighted by Gasteiger charge is 2.19. The zero-order chi connectivity index (χ0) is 20.5. The number of para-hydroxylation sites is 1. The molecule has 0 atom stereocenters. The average Bonchev–Trinajstić information content (AvgIpc) is 3.18. The standard InChI is InChI=1S/C21H18FN5O2/c1-13-15(12-18(28)23-17-11-7-6-10-16(17)22)20(29)27-21(26(13)2)24-19(25-27)14-8-4-3-5-9-14/h3-11H,12H2,1-2H3,(H,23,28). The summed E-state index contributed by atoms with van der Waals surface area (Å²) >= 11 is 0. The molecular formula is C21H18FN5O2. The number of nitrogens with zero attached hydrogens (tertiary/aromatic N) is 4. The lowest BCUT2D eigenvalue weighted by Crippen LogP contribution is -2.28. The van der Waals surface area contributed by atoms with Crippen LogP contribution in [0.15, 0.2) is 59.4 Å². The van der Waals surface area contributed by atoms with Gasteiger partial charge in [-0.25, -0.2) is 4.39 Å². The van der Waals surface area contributed by atoms with Crippen LogP contribution in [0.25, 0.3) is 17.2 Å². The molecule has 8 heteroatoms. The largest absolute Gasteiger partial charge is 0.323 e. The monoisotopic (exact) mass is 391 g/mol. The van der Waals surface area contributed by atoms with E-state index in [4.69, 9.17) is 0 Å². The second kappa shape index (κ2) is 7.31. The minimum atomic E-state index is -0.537. The molecule has 0 saturated heterocycles. The first-order valence-electron chi connectivity index (χ1n) is 9.00. The second-order valence-corrected chi connectivity index (χ2v) is 6.65. The summed E-state index contributed by atoms with van der Waals surface area (Å²) in [5.74, 6) is -0.224. The van der Waals surface area contributed by atoms with E-state index in [1.165, 1.54) is 22.7 Å². The fraction of sp³-hybridized carbons (Fsp3) is 0.143. The van der Waals surface area contributed by atoms with E-state index in [9.17, 15) is 14.0 Å². The first kappa shape index (κ1) is 18.5. The summed E-state index contributed by atoms with van der Waals surface area (Å²) in [6.45, 7) is 1.74. The van der Waals surface area contributed by atoms with E-state index in [1.54, 1.807) is 24.6 Å². The Balaban J connectivity index is 1.72. The second-order valence-electron chi connectivity index (χ2n) is 6.65. The highest BCUT2D eigenvalue weighted by Crippen LogP contribution is 2.17. The molecule has 0 fully saturated rings. The summed E-state index contributed by atoms with van der Waals surface area (Å²) in [5, 5.41) is 6.84. The van der Waals surface area contributed by atoms with Gasteiger partial charge in [-0.15, -0.1) is 5.10 Å². The van der Waals surface area contributed by atoms with Gasteiger partial charge < -0.3 is 9.88 Å². The molecular weight excluding hydrogens is 373 g/mol. The van der Waals surface area contributed by atoms with E-state index in [2.05, 4.69) is 15.4 Å². The van der Waals surface area contributed by atoms with E-state index in [0.29, 0.717) is 17.3 Å². The Bertz CT molecular complexity index is 1280. The summed E-state index contributed by atoms with van der Waals surface area (Å²) in [6.07, 6.45) is -0.205. The number of hydrogen-bond donors (Lipinski definition) is 1. The molecule has 0 radical (unpaired) electrons. The van der Waals surface area contributed by atoms with Gasteiger partial charge in [0.2, 0.25) is 11.7 Å².